The Hall–Kier alpha value is -4.94. The number of nitrogen functional groups attached to an aromatic ring is 1. The highest BCUT2D eigenvalue weighted by Crippen LogP contribution is 2.28. The number of anilines is 1. The molecule has 0 radical (unpaired) electrons. The molecule has 2 aromatic heterocycles. The van der Waals surface area contributed by atoms with Gasteiger partial charge in [-0.3, -0.25) is 14.9 Å². The lowest BCUT2D eigenvalue weighted by Crippen LogP contribution is -2.19. The molecule has 2 aromatic carbocycles. The van der Waals surface area contributed by atoms with E-state index in [1.165, 1.54) is 30.5 Å². The summed E-state index contributed by atoms with van der Waals surface area (Å²) in [6.07, 6.45) is 1.47. The fraction of sp³-hybridized carbons (Fsp3) is 0. The zero-order valence-corrected chi connectivity index (χ0v) is 15.6. The van der Waals surface area contributed by atoms with E-state index in [2.05, 4.69) is 35.8 Å². The van der Waals surface area contributed by atoms with Crippen molar-refractivity contribution in [2.75, 3.05) is 5.73 Å². The lowest BCUT2D eigenvalue weighted by atomic mass is 10.1. The van der Waals surface area contributed by atoms with Gasteiger partial charge in [0.1, 0.15) is 5.69 Å². The number of nitrogens with two attached hydrogens (primary N) is 1. The van der Waals surface area contributed by atoms with E-state index in [4.69, 9.17) is 5.73 Å². The number of benzene rings is 2. The third-order valence-corrected chi connectivity index (χ3v) is 4.11. The minimum absolute atomic E-state index is 0.00712. The first kappa shape index (κ1) is 19.4. The maximum absolute atomic E-state index is 12.7. The van der Waals surface area contributed by atoms with Crippen molar-refractivity contribution in [2.24, 2.45) is 5.10 Å². The molecule has 4 aromatic rings. The van der Waals surface area contributed by atoms with Gasteiger partial charge < -0.3 is 5.73 Å². The average Bonchev–Trinajstić information content (AvgIpc) is 3.40. The molecule has 0 atom stereocenters. The topological polar surface area (TPSA) is 180 Å². The molecule has 0 saturated heterocycles. The Morgan fingerprint density at radius 2 is 1.90 bits per heavy atom. The van der Waals surface area contributed by atoms with Crippen molar-refractivity contribution in [3.8, 4) is 17.1 Å². The quantitative estimate of drug-likeness (QED) is 0.266. The summed E-state index contributed by atoms with van der Waals surface area (Å²) in [7, 11) is 0. The number of nitro groups is 1. The molecule has 0 unspecified atom stereocenters. The molecule has 13 heteroatoms. The summed E-state index contributed by atoms with van der Waals surface area (Å²) in [6.45, 7) is 0. The Morgan fingerprint density at radius 3 is 2.55 bits per heavy atom. The molecule has 13 nitrogen and oxygen atoms in total. The van der Waals surface area contributed by atoms with Crippen LogP contribution >= 0.6 is 0 Å². The van der Waals surface area contributed by atoms with Crippen LogP contribution in [0.3, 0.4) is 0 Å². The van der Waals surface area contributed by atoms with Crippen LogP contribution in [-0.4, -0.2) is 42.4 Å². The summed E-state index contributed by atoms with van der Waals surface area (Å²) in [5, 5.41) is 29.9. The van der Waals surface area contributed by atoms with E-state index in [1.54, 1.807) is 0 Å². The summed E-state index contributed by atoms with van der Waals surface area (Å²) in [5.74, 6) is -0.739. The van der Waals surface area contributed by atoms with E-state index < -0.39 is 10.8 Å². The monoisotopic (exact) mass is 419 g/mol. The van der Waals surface area contributed by atoms with Crippen LogP contribution < -0.4 is 11.2 Å². The molecule has 0 aliphatic carbocycles. The number of nitro benzene ring substituents is 1. The zero-order valence-electron chi connectivity index (χ0n) is 15.6. The number of rotatable bonds is 6. The van der Waals surface area contributed by atoms with Crippen molar-refractivity contribution < 1.29 is 14.3 Å². The highest BCUT2D eigenvalue weighted by atomic mass is 16.6. The molecule has 0 aliphatic heterocycles. The normalized spacial score (nSPS) is 11.0. The van der Waals surface area contributed by atoms with Crippen LogP contribution in [-0.2, 0) is 0 Å². The molecule has 0 bridgehead atoms. The number of carbonyl (C=O) groups is 1. The summed E-state index contributed by atoms with van der Waals surface area (Å²) in [5.41, 5.74) is 9.24. The van der Waals surface area contributed by atoms with Gasteiger partial charge in [0, 0.05) is 17.7 Å². The average molecular weight is 419 g/mol. The van der Waals surface area contributed by atoms with E-state index in [1.807, 2.05) is 30.3 Å². The molecule has 3 N–H and O–H groups in total. The minimum Gasteiger partial charge on any atom is -0.378 e. The van der Waals surface area contributed by atoms with Gasteiger partial charge in [-0.05, 0) is 28.0 Å². The Bertz CT molecular complexity index is 1260. The van der Waals surface area contributed by atoms with Gasteiger partial charge in [-0.25, -0.2) is 10.1 Å². The van der Waals surface area contributed by atoms with Crippen LogP contribution in [0, 0.1) is 10.1 Å². The highest BCUT2D eigenvalue weighted by molar-refractivity contribution is 5.98. The third-order valence-electron chi connectivity index (χ3n) is 4.11. The van der Waals surface area contributed by atoms with Crippen molar-refractivity contribution in [3.63, 3.8) is 0 Å². The number of hydrogen-bond acceptors (Lipinski definition) is 10. The molecule has 154 valence electrons. The molecule has 2 heterocycles. The summed E-state index contributed by atoms with van der Waals surface area (Å²) in [4.78, 5) is 23.2. The maximum Gasteiger partial charge on any atom is 0.294 e. The fourth-order valence-electron chi connectivity index (χ4n) is 2.68. The Labute approximate surface area is 173 Å². The Balaban J connectivity index is 1.71. The first-order valence-electron chi connectivity index (χ1n) is 8.72. The number of non-ortho nitro benzene ring substituents is 1. The summed E-state index contributed by atoms with van der Waals surface area (Å²) < 4.78 is 5.75. The molecule has 0 fully saturated rings. The van der Waals surface area contributed by atoms with Crippen molar-refractivity contribution >= 4 is 23.6 Å². The molecule has 0 saturated carbocycles. The van der Waals surface area contributed by atoms with Gasteiger partial charge in [0.05, 0.1) is 11.1 Å². The van der Waals surface area contributed by atoms with E-state index in [0.29, 0.717) is 5.56 Å². The van der Waals surface area contributed by atoms with Crippen LogP contribution in [0.15, 0.2) is 64.3 Å². The van der Waals surface area contributed by atoms with Gasteiger partial charge in [-0.1, -0.05) is 35.5 Å². The predicted molar refractivity (Wildman–Crippen MR) is 107 cm³/mol. The number of carbonyl (C=O) groups excluding carboxylic acids is 1. The second-order valence-electron chi connectivity index (χ2n) is 6.09. The van der Waals surface area contributed by atoms with E-state index in [9.17, 15) is 14.9 Å². The number of hydrazone groups is 1. The molecule has 1 amide bonds. The van der Waals surface area contributed by atoms with Crippen LogP contribution in [0.4, 0.5) is 11.5 Å². The van der Waals surface area contributed by atoms with Crippen molar-refractivity contribution in [1.29, 1.82) is 0 Å². The highest BCUT2D eigenvalue weighted by Gasteiger charge is 2.25. The molecule has 31 heavy (non-hydrogen) atoms. The number of aromatic nitrogens is 5. The third kappa shape index (κ3) is 3.95. The van der Waals surface area contributed by atoms with Gasteiger partial charge >= 0.3 is 0 Å². The van der Waals surface area contributed by atoms with Crippen molar-refractivity contribution in [2.45, 2.75) is 0 Å². The summed E-state index contributed by atoms with van der Waals surface area (Å²) >= 11 is 0. The molecule has 0 aliphatic rings. The summed E-state index contributed by atoms with van der Waals surface area (Å²) in [6, 6.07) is 14.6. The molecular formula is C18H13N9O4. The van der Waals surface area contributed by atoms with Crippen LogP contribution in [0.1, 0.15) is 16.1 Å². The van der Waals surface area contributed by atoms with Crippen molar-refractivity contribution in [1.82, 2.24) is 30.7 Å². The maximum atomic E-state index is 12.7. The first-order valence-corrected chi connectivity index (χ1v) is 8.72. The zero-order chi connectivity index (χ0) is 21.8. The molecular weight excluding hydrogens is 406 g/mol. The van der Waals surface area contributed by atoms with E-state index in [-0.39, 0.29) is 28.7 Å². The van der Waals surface area contributed by atoms with Crippen LogP contribution in [0.5, 0.6) is 0 Å². The van der Waals surface area contributed by atoms with E-state index in [0.717, 1.165) is 10.2 Å². The van der Waals surface area contributed by atoms with Gasteiger partial charge in [-0.2, -0.15) is 9.78 Å². The van der Waals surface area contributed by atoms with Gasteiger partial charge in [0.15, 0.2) is 5.69 Å². The van der Waals surface area contributed by atoms with Crippen LogP contribution in [0.25, 0.3) is 17.1 Å². The Kier molecular flexibility index (Phi) is 5.13. The second-order valence-corrected chi connectivity index (χ2v) is 6.09. The molecule has 4 rings (SSSR count). The lowest BCUT2D eigenvalue weighted by molar-refractivity contribution is -0.384. The largest absolute Gasteiger partial charge is 0.378 e. The van der Waals surface area contributed by atoms with Gasteiger partial charge in [-0.15, -0.1) is 5.10 Å². The van der Waals surface area contributed by atoms with Crippen LogP contribution in [0.2, 0.25) is 0 Å². The predicted octanol–water partition coefficient (Wildman–Crippen LogP) is 1.57. The van der Waals surface area contributed by atoms with E-state index >= 15 is 0 Å². The smallest absolute Gasteiger partial charge is 0.294 e. The number of nitrogens with zero attached hydrogens (tertiary/aromatic N) is 7. The number of amides is 1. The standard InChI is InChI=1S/C18H13N9O4/c19-16-17(24-31-23-16)26-15(12-6-8-13(9-7-12)27(29)30)14(21-25-26)18(28)22-20-10-11-4-2-1-3-5-11/h1-10H,(H2,19,23)(H,22,28)/b20-10-. The van der Waals surface area contributed by atoms with Gasteiger partial charge in [0.2, 0.25) is 11.6 Å². The SMILES string of the molecule is Nc1nonc1-n1nnc(C(=O)N/N=C\c2ccccc2)c1-c1ccc([N+](=O)[O-])cc1. The Morgan fingerprint density at radius 1 is 1.16 bits per heavy atom. The first-order chi connectivity index (χ1) is 15.0. The number of nitrogens with one attached hydrogen (secondary N) is 1. The second kappa shape index (κ2) is 8.20. The van der Waals surface area contributed by atoms with Gasteiger partial charge in [0.25, 0.3) is 11.6 Å². The minimum atomic E-state index is -0.665. The fourth-order valence-corrected chi connectivity index (χ4v) is 2.68. The lowest BCUT2D eigenvalue weighted by Gasteiger charge is -2.05. The molecule has 0 spiro atoms. The number of hydrogen-bond donors (Lipinski definition) is 2. The van der Waals surface area contributed by atoms with Crippen molar-refractivity contribution in [3.05, 3.63) is 76.0 Å².